The number of carbonyl (C=O) groups is 1. The lowest BCUT2D eigenvalue weighted by Crippen LogP contribution is -2.36. The zero-order chi connectivity index (χ0) is 30.4. The zero-order valence-electron chi connectivity index (χ0n) is 25.9. The first-order chi connectivity index (χ1) is 21.2. The fraction of sp³-hybridized carbons (Fsp3) is 0.324. The summed E-state index contributed by atoms with van der Waals surface area (Å²) in [5, 5.41) is 2.34. The van der Waals surface area contributed by atoms with E-state index in [1.165, 1.54) is 22.1 Å². The first-order valence-electron chi connectivity index (χ1n) is 15.6. The number of hydrogen-bond acceptors (Lipinski definition) is 4. The first-order valence-corrected chi connectivity index (χ1v) is 15.6. The molecule has 7 rings (SSSR count). The standard InChI is InChI=1S/C37H39N5O2/c1-23-7-8-30(18-23)34-38-21-31(40-34)25-11-9-24(10-12-25)26-13-14-28-20-29(16-15-27(28)19-26)32-22-39-35(41-32)33-6-5-17-42(33)36(43)44-37(2,3)4/h9-16,18-22,30,33H,5-8,17H2,1-4H3,(H,38,40)(H,39,41)/t30-,33-/m0/s1. The van der Waals surface area contributed by atoms with Gasteiger partial charge in [-0.25, -0.2) is 14.8 Å². The molecule has 44 heavy (non-hydrogen) atoms. The van der Waals surface area contributed by atoms with Crippen LogP contribution in [0.5, 0.6) is 0 Å². The van der Waals surface area contributed by atoms with Crippen LogP contribution in [-0.4, -0.2) is 43.1 Å². The van der Waals surface area contributed by atoms with Gasteiger partial charge in [0.1, 0.15) is 17.2 Å². The quantitative estimate of drug-likeness (QED) is 0.201. The van der Waals surface area contributed by atoms with Gasteiger partial charge in [-0.15, -0.1) is 0 Å². The number of aromatic nitrogens is 4. The Balaban J connectivity index is 1.07. The van der Waals surface area contributed by atoms with Crippen molar-refractivity contribution in [2.75, 3.05) is 6.54 Å². The highest BCUT2D eigenvalue weighted by atomic mass is 16.6. The minimum Gasteiger partial charge on any atom is -0.444 e. The van der Waals surface area contributed by atoms with Gasteiger partial charge in [0.05, 0.1) is 29.8 Å². The van der Waals surface area contributed by atoms with Crippen molar-refractivity contribution < 1.29 is 9.53 Å². The van der Waals surface area contributed by atoms with Crippen LogP contribution in [0.3, 0.4) is 0 Å². The molecule has 0 spiro atoms. The Kier molecular flexibility index (Phi) is 7.11. The third-order valence-electron chi connectivity index (χ3n) is 8.75. The van der Waals surface area contributed by atoms with Gasteiger partial charge in [0.2, 0.25) is 0 Å². The molecule has 1 aliphatic heterocycles. The predicted octanol–water partition coefficient (Wildman–Crippen LogP) is 9.18. The highest BCUT2D eigenvalue weighted by Gasteiger charge is 2.34. The SMILES string of the molecule is CC1=C[C@@H](c2ncc(-c3ccc(-c4ccc5cc(-c6cnc([C@@H]7CCCN7C(=O)OC(C)(C)C)[nH]6)ccc5c4)cc3)[nH]2)CC1. The van der Waals surface area contributed by atoms with Crippen LogP contribution < -0.4 is 0 Å². The fourth-order valence-electron chi connectivity index (χ4n) is 6.46. The molecule has 2 N–H and O–H groups in total. The Morgan fingerprint density at radius 3 is 2.14 bits per heavy atom. The van der Waals surface area contributed by atoms with Crippen molar-refractivity contribution in [2.45, 2.75) is 70.9 Å². The lowest BCUT2D eigenvalue weighted by molar-refractivity contribution is 0.0218. The molecule has 0 bridgehead atoms. The van der Waals surface area contributed by atoms with Gasteiger partial charge >= 0.3 is 6.09 Å². The number of ether oxygens (including phenoxy) is 1. The van der Waals surface area contributed by atoms with Gasteiger partial charge in [0, 0.05) is 18.0 Å². The van der Waals surface area contributed by atoms with E-state index in [0.29, 0.717) is 12.5 Å². The van der Waals surface area contributed by atoms with Crippen molar-refractivity contribution in [3.63, 3.8) is 0 Å². The number of likely N-dealkylation sites (tertiary alicyclic amines) is 1. The minimum absolute atomic E-state index is 0.1000. The van der Waals surface area contributed by atoms with E-state index in [9.17, 15) is 4.79 Å². The van der Waals surface area contributed by atoms with Gasteiger partial charge in [-0.1, -0.05) is 60.2 Å². The largest absolute Gasteiger partial charge is 0.444 e. The summed E-state index contributed by atoms with van der Waals surface area (Å²) < 4.78 is 5.64. The molecule has 224 valence electrons. The molecule has 0 unspecified atom stereocenters. The minimum atomic E-state index is -0.524. The van der Waals surface area contributed by atoms with Crippen molar-refractivity contribution in [3.05, 3.63) is 96.4 Å². The molecule has 7 nitrogen and oxygen atoms in total. The third kappa shape index (κ3) is 5.66. The summed E-state index contributed by atoms with van der Waals surface area (Å²) in [6.07, 6.45) is 9.97. The molecular weight excluding hydrogens is 546 g/mol. The number of H-pyrrole nitrogens is 2. The maximum Gasteiger partial charge on any atom is 0.410 e. The Morgan fingerprint density at radius 1 is 0.818 bits per heavy atom. The number of imidazole rings is 2. The second-order valence-corrected chi connectivity index (χ2v) is 13.2. The summed E-state index contributed by atoms with van der Waals surface area (Å²) in [6.45, 7) is 8.56. The summed E-state index contributed by atoms with van der Waals surface area (Å²) in [5.74, 6) is 2.26. The van der Waals surface area contributed by atoms with Crippen LogP contribution in [0.1, 0.15) is 77.0 Å². The summed E-state index contributed by atoms with van der Waals surface area (Å²) >= 11 is 0. The second-order valence-electron chi connectivity index (χ2n) is 13.2. The third-order valence-corrected chi connectivity index (χ3v) is 8.75. The molecule has 5 aromatic rings. The lowest BCUT2D eigenvalue weighted by atomic mass is 9.98. The Morgan fingerprint density at radius 2 is 1.43 bits per heavy atom. The van der Waals surface area contributed by atoms with Crippen molar-refractivity contribution in [3.8, 4) is 33.6 Å². The molecule has 1 aliphatic carbocycles. The van der Waals surface area contributed by atoms with Crippen LogP contribution in [0.25, 0.3) is 44.4 Å². The van der Waals surface area contributed by atoms with Crippen LogP contribution in [-0.2, 0) is 4.74 Å². The number of nitrogens with one attached hydrogen (secondary N) is 2. The van der Waals surface area contributed by atoms with E-state index in [1.807, 2.05) is 33.2 Å². The zero-order valence-corrected chi connectivity index (χ0v) is 25.9. The smallest absolute Gasteiger partial charge is 0.410 e. The number of aromatic amines is 2. The van der Waals surface area contributed by atoms with Crippen LogP contribution >= 0.6 is 0 Å². The molecule has 7 heteroatoms. The Bertz CT molecular complexity index is 1860. The van der Waals surface area contributed by atoms with Crippen molar-refractivity contribution >= 4 is 16.9 Å². The van der Waals surface area contributed by atoms with Crippen molar-refractivity contribution in [1.82, 2.24) is 24.8 Å². The molecule has 2 aromatic heterocycles. The summed E-state index contributed by atoms with van der Waals surface area (Å²) in [4.78, 5) is 31.0. The number of carbonyl (C=O) groups excluding carboxylic acids is 1. The molecule has 3 heterocycles. The van der Waals surface area contributed by atoms with Gasteiger partial charge in [0.15, 0.2) is 0 Å². The van der Waals surface area contributed by atoms with Crippen LogP contribution in [0.2, 0.25) is 0 Å². The molecule has 0 radical (unpaired) electrons. The molecule has 1 fully saturated rings. The summed E-state index contributed by atoms with van der Waals surface area (Å²) in [6, 6.07) is 21.7. The van der Waals surface area contributed by atoms with Gasteiger partial charge in [-0.2, -0.15) is 0 Å². The number of fused-ring (bicyclic) bond motifs is 1. The average Bonchev–Trinajstić information content (AvgIpc) is 3.82. The molecule has 2 atom stereocenters. The lowest BCUT2D eigenvalue weighted by Gasteiger charge is -2.27. The van der Waals surface area contributed by atoms with Crippen LogP contribution in [0, 0.1) is 0 Å². The van der Waals surface area contributed by atoms with Gasteiger partial charge in [-0.3, -0.25) is 4.90 Å². The summed E-state index contributed by atoms with van der Waals surface area (Å²) in [5.41, 5.74) is 7.50. The fourth-order valence-corrected chi connectivity index (χ4v) is 6.46. The van der Waals surface area contributed by atoms with E-state index in [4.69, 9.17) is 4.74 Å². The van der Waals surface area contributed by atoms with E-state index in [0.717, 1.165) is 65.2 Å². The molecule has 1 saturated heterocycles. The normalized spacial score (nSPS) is 18.6. The highest BCUT2D eigenvalue weighted by Crippen LogP contribution is 2.35. The van der Waals surface area contributed by atoms with Gasteiger partial charge in [-0.05, 0) is 93.0 Å². The van der Waals surface area contributed by atoms with Crippen molar-refractivity contribution in [1.29, 1.82) is 0 Å². The van der Waals surface area contributed by atoms with Crippen molar-refractivity contribution in [2.24, 2.45) is 0 Å². The maximum atomic E-state index is 12.8. The topological polar surface area (TPSA) is 86.9 Å². The van der Waals surface area contributed by atoms with Crippen LogP contribution in [0.15, 0.2) is 84.7 Å². The highest BCUT2D eigenvalue weighted by molar-refractivity contribution is 5.90. The van der Waals surface area contributed by atoms with E-state index in [-0.39, 0.29) is 12.1 Å². The molecule has 1 amide bonds. The van der Waals surface area contributed by atoms with Gasteiger partial charge in [0.25, 0.3) is 0 Å². The second kappa shape index (κ2) is 11.1. The Labute approximate surface area is 258 Å². The van der Waals surface area contributed by atoms with Gasteiger partial charge < -0.3 is 14.7 Å². The number of amides is 1. The molecule has 0 saturated carbocycles. The summed E-state index contributed by atoms with van der Waals surface area (Å²) in [7, 11) is 0. The monoisotopic (exact) mass is 585 g/mol. The van der Waals surface area contributed by atoms with Crippen LogP contribution in [0.4, 0.5) is 4.79 Å². The Hall–Kier alpha value is -4.65. The molecule has 2 aliphatic rings. The van der Waals surface area contributed by atoms with E-state index in [2.05, 4.69) is 93.6 Å². The first kappa shape index (κ1) is 28.1. The molecule has 3 aromatic carbocycles. The number of nitrogens with zero attached hydrogens (tertiary/aromatic N) is 3. The maximum absolute atomic E-state index is 12.8. The van der Waals surface area contributed by atoms with E-state index >= 15 is 0 Å². The number of rotatable bonds is 5. The number of benzene rings is 3. The predicted molar refractivity (Wildman–Crippen MR) is 175 cm³/mol. The number of allylic oxidation sites excluding steroid dienone is 2. The van der Waals surface area contributed by atoms with E-state index < -0.39 is 5.60 Å². The van der Waals surface area contributed by atoms with E-state index in [1.54, 1.807) is 4.90 Å². The number of hydrogen-bond donors (Lipinski definition) is 2. The molecular formula is C37H39N5O2. The average molecular weight is 586 g/mol.